The summed E-state index contributed by atoms with van der Waals surface area (Å²) in [5.74, 6) is 0.475. The van der Waals surface area contributed by atoms with Crippen LogP contribution in [0.25, 0.3) is 0 Å². The van der Waals surface area contributed by atoms with E-state index >= 15 is 0 Å². The van der Waals surface area contributed by atoms with E-state index in [0.29, 0.717) is 23.5 Å². The van der Waals surface area contributed by atoms with Gasteiger partial charge in [-0.25, -0.2) is 0 Å². The lowest BCUT2D eigenvalue weighted by Gasteiger charge is -2.28. The zero-order valence-electron chi connectivity index (χ0n) is 11.3. The van der Waals surface area contributed by atoms with E-state index in [1.54, 1.807) is 36.6 Å². The van der Waals surface area contributed by atoms with Gasteiger partial charge in [0.05, 0.1) is 7.11 Å². The van der Waals surface area contributed by atoms with Crippen LogP contribution >= 0.6 is 11.3 Å². The van der Waals surface area contributed by atoms with E-state index in [1.807, 2.05) is 4.90 Å². The maximum absolute atomic E-state index is 12.7. The predicted octanol–water partition coefficient (Wildman–Crippen LogP) is 2.54. The van der Waals surface area contributed by atoms with Crippen LogP contribution in [0.1, 0.15) is 20.8 Å². The normalized spacial score (nSPS) is 13.9. The Morgan fingerprint density at radius 1 is 1.40 bits per heavy atom. The Kier molecular flexibility index (Phi) is 3.36. The molecule has 2 aromatic rings. The van der Waals surface area contributed by atoms with E-state index in [-0.39, 0.29) is 5.91 Å². The summed E-state index contributed by atoms with van der Waals surface area (Å²) in [5.41, 5.74) is 8.12. The van der Waals surface area contributed by atoms with E-state index < -0.39 is 0 Å². The lowest BCUT2D eigenvalue weighted by molar-refractivity contribution is 0.0733. The zero-order valence-corrected chi connectivity index (χ0v) is 12.1. The number of ether oxygens (including phenoxy) is 1. The van der Waals surface area contributed by atoms with Crippen LogP contribution in [0.5, 0.6) is 5.75 Å². The molecule has 1 aliphatic rings. The molecule has 104 valence electrons. The molecule has 0 saturated carbocycles. The smallest absolute Gasteiger partial charge is 0.260 e. The van der Waals surface area contributed by atoms with E-state index in [0.717, 1.165) is 13.0 Å². The van der Waals surface area contributed by atoms with Crippen molar-refractivity contribution in [3.8, 4) is 5.75 Å². The molecule has 0 bridgehead atoms. The Morgan fingerprint density at radius 2 is 2.25 bits per heavy atom. The molecule has 0 aliphatic carbocycles. The molecule has 3 rings (SSSR count). The van der Waals surface area contributed by atoms with Gasteiger partial charge >= 0.3 is 0 Å². The van der Waals surface area contributed by atoms with Crippen molar-refractivity contribution in [3.05, 3.63) is 45.6 Å². The minimum absolute atomic E-state index is 0.0585. The number of benzene rings is 1. The molecule has 0 spiro atoms. The van der Waals surface area contributed by atoms with Gasteiger partial charge in [-0.1, -0.05) is 6.07 Å². The number of hydrogen-bond acceptors (Lipinski definition) is 4. The maximum atomic E-state index is 12.7. The van der Waals surface area contributed by atoms with Gasteiger partial charge in [-0.3, -0.25) is 4.79 Å². The second-order valence-corrected chi connectivity index (χ2v) is 5.77. The number of carbonyl (C=O) groups is 1. The first-order chi connectivity index (χ1) is 9.70. The van der Waals surface area contributed by atoms with Crippen LogP contribution in [0.3, 0.4) is 0 Å². The van der Waals surface area contributed by atoms with Crippen molar-refractivity contribution < 1.29 is 9.53 Å². The van der Waals surface area contributed by atoms with Crippen molar-refractivity contribution in [1.82, 2.24) is 4.90 Å². The van der Waals surface area contributed by atoms with E-state index in [2.05, 4.69) is 11.4 Å². The second-order valence-electron chi connectivity index (χ2n) is 4.77. The third-order valence-corrected chi connectivity index (χ3v) is 4.61. The number of hydrogen-bond donors (Lipinski definition) is 1. The Balaban J connectivity index is 1.91. The number of nitrogens with two attached hydrogens (primary N) is 1. The molecule has 1 aliphatic heterocycles. The van der Waals surface area contributed by atoms with Crippen LogP contribution in [0.15, 0.2) is 29.6 Å². The highest BCUT2D eigenvalue weighted by Crippen LogP contribution is 2.29. The monoisotopic (exact) mass is 288 g/mol. The Labute approximate surface area is 121 Å². The summed E-state index contributed by atoms with van der Waals surface area (Å²) in [6.07, 6.45) is 0.911. The van der Waals surface area contributed by atoms with Crippen LogP contribution < -0.4 is 10.5 Å². The summed E-state index contributed by atoms with van der Waals surface area (Å²) >= 11 is 1.76. The minimum atomic E-state index is -0.0585. The van der Waals surface area contributed by atoms with Gasteiger partial charge in [0, 0.05) is 23.7 Å². The van der Waals surface area contributed by atoms with Gasteiger partial charge in [0.2, 0.25) is 0 Å². The first-order valence-corrected chi connectivity index (χ1v) is 7.35. The van der Waals surface area contributed by atoms with Crippen LogP contribution in [0.4, 0.5) is 5.69 Å². The fourth-order valence-corrected chi connectivity index (χ4v) is 3.42. The topological polar surface area (TPSA) is 55.6 Å². The second kappa shape index (κ2) is 5.17. The number of thiophene rings is 1. The summed E-state index contributed by atoms with van der Waals surface area (Å²) in [5, 5.41) is 2.08. The third-order valence-electron chi connectivity index (χ3n) is 3.59. The van der Waals surface area contributed by atoms with Gasteiger partial charge in [0.15, 0.2) is 0 Å². The van der Waals surface area contributed by atoms with E-state index in [1.165, 1.54) is 10.4 Å². The zero-order chi connectivity index (χ0) is 14.1. The first kappa shape index (κ1) is 13.0. The molecule has 2 heterocycles. The standard InChI is InChI=1S/C15H16N2O2S/c1-19-12-4-2-3-11(16)14(12)15(18)17-7-5-13-10(9-17)6-8-20-13/h2-4,6,8H,5,7,9,16H2,1H3. The van der Waals surface area contributed by atoms with Crippen molar-refractivity contribution >= 4 is 22.9 Å². The highest BCUT2D eigenvalue weighted by Gasteiger charge is 2.26. The number of methoxy groups -OCH3 is 1. The van der Waals surface area contributed by atoms with E-state index in [9.17, 15) is 4.79 Å². The van der Waals surface area contributed by atoms with Crippen LogP contribution in [0.2, 0.25) is 0 Å². The Morgan fingerprint density at radius 3 is 3.05 bits per heavy atom. The number of carbonyl (C=O) groups excluding carboxylic acids is 1. The van der Waals surface area contributed by atoms with Gasteiger partial charge in [0.25, 0.3) is 5.91 Å². The highest BCUT2D eigenvalue weighted by molar-refractivity contribution is 7.10. The first-order valence-electron chi connectivity index (χ1n) is 6.47. The number of amides is 1. The molecule has 4 nitrogen and oxygen atoms in total. The SMILES string of the molecule is COc1cccc(N)c1C(=O)N1CCc2sccc2C1. The van der Waals surface area contributed by atoms with Crippen molar-refractivity contribution in [1.29, 1.82) is 0 Å². The molecule has 0 atom stereocenters. The quantitative estimate of drug-likeness (QED) is 0.864. The van der Waals surface area contributed by atoms with Crippen LogP contribution in [0, 0.1) is 0 Å². The molecular formula is C15H16N2O2S. The average molecular weight is 288 g/mol. The molecule has 2 N–H and O–H groups in total. The fraction of sp³-hybridized carbons (Fsp3) is 0.267. The van der Waals surface area contributed by atoms with Gasteiger partial charge in [-0.15, -0.1) is 11.3 Å². The molecule has 1 amide bonds. The number of rotatable bonds is 2. The molecule has 20 heavy (non-hydrogen) atoms. The molecule has 1 aromatic heterocycles. The number of nitrogen functional groups attached to an aromatic ring is 1. The molecule has 0 unspecified atom stereocenters. The van der Waals surface area contributed by atoms with Gasteiger partial charge in [-0.05, 0) is 35.6 Å². The summed E-state index contributed by atoms with van der Waals surface area (Å²) in [6.45, 7) is 1.37. The molecule has 0 radical (unpaired) electrons. The molecule has 0 saturated heterocycles. The third kappa shape index (κ3) is 2.14. The van der Waals surface area contributed by atoms with Gasteiger partial charge in [-0.2, -0.15) is 0 Å². The Bertz CT molecular complexity index is 651. The minimum Gasteiger partial charge on any atom is -0.496 e. The maximum Gasteiger partial charge on any atom is 0.260 e. The number of nitrogens with zero attached hydrogens (tertiary/aromatic N) is 1. The van der Waals surface area contributed by atoms with Crippen LogP contribution in [-0.4, -0.2) is 24.5 Å². The highest BCUT2D eigenvalue weighted by atomic mass is 32.1. The fourth-order valence-electron chi connectivity index (χ4n) is 2.53. The van der Waals surface area contributed by atoms with Gasteiger partial charge < -0.3 is 15.4 Å². The van der Waals surface area contributed by atoms with Gasteiger partial charge in [0.1, 0.15) is 11.3 Å². The molecule has 5 heteroatoms. The largest absolute Gasteiger partial charge is 0.496 e. The summed E-state index contributed by atoms with van der Waals surface area (Å²) in [4.78, 5) is 15.9. The van der Waals surface area contributed by atoms with Crippen molar-refractivity contribution in [2.24, 2.45) is 0 Å². The predicted molar refractivity (Wildman–Crippen MR) is 80.2 cm³/mol. The molecule has 1 aromatic carbocycles. The summed E-state index contributed by atoms with van der Waals surface area (Å²) < 4.78 is 5.27. The lowest BCUT2D eigenvalue weighted by Crippen LogP contribution is -2.35. The van der Waals surface area contributed by atoms with E-state index in [4.69, 9.17) is 10.5 Å². The number of anilines is 1. The summed E-state index contributed by atoms with van der Waals surface area (Å²) in [7, 11) is 1.55. The van der Waals surface area contributed by atoms with Crippen LogP contribution in [-0.2, 0) is 13.0 Å². The Hall–Kier alpha value is -2.01. The molecule has 0 fully saturated rings. The molecular weight excluding hydrogens is 272 g/mol. The summed E-state index contributed by atoms with van der Waals surface area (Å²) in [6, 6.07) is 7.38. The van der Waals surface area contributed by atoms with Crippen molar-refractivity contribution in [3.63, 3.8) is 0 Å². The average Bonchev–Trinajstić information content (AvgIpc) is 2.93. The lowest BCUT2D eigenvalue weighted by atomic mass is 10.1. The van der Waals surface area contributed by atoms with Crippen molar-refractivity contribution in [2.75, 3.05) is 19.4 Å². The van der Waals surface area contributed by atoms with Crippen molar-refractivity contribution in [2.45, 2.75) is 13.0 Å². The number of fused-ring (bicyclic) bond motifs is 1.